The maximum atomic E-state index is 8.98. The molecule has 1 atom stereocenters. The monoisotopic (exact) mass is 240 g/mol. The van der Waals surface area contributed by atoms with Gasteiger partial charge in [-0.25, -0.2) is 0 Å². The van der Waals surface area contributed by atoms with Crippen LogP contribution in [0.4, 0.5) is 0 Å². The number of aromatic nitrogens is 1. The molecule has 0 saturated heterocycles. The van der Waals surface area contributed by atoms with E-state index in [9.17, 15) is 0 Å². The van der Waals surface area contributed by atoms with E-state index >= 15 is 0 Å². The molecule has 0 radical (unpaired) electrons. The van der Waals surface area contributed by atoms with Crippen molar-refractivity contribution in [3.8, 4) is 5.75 Å². The molecular weight excluding hydrogens is 220 g/mol. The zero-order valence-electron chi connectivity index (χ0n) is 10.6. The van der Waals surface area contributed by atoms with Crippen LogP contribution < -0.4 is 10.5 Å². The summed E-state index contributed by atoms with van der Waals surface area (Å²) in [6.07, 6.45) is 2.23. The fraction of sp³-hybridized carbons (Fsp3) is 0.583. The van der Waals surface area contributed by atoms with Crippen molar-refractivity contribution in [1.82, 2.24) is 4.98 Å². The number of methoxy groups -OCH3 is 2. The molecule has 3 N–H and O–H groups in total. The summed E-state index contributed by atoms with van der Waals surface area (Å²) in [6.45, 7) is 2.33. The molecule has 0 aliphatic carbocycles. The highest BCUT2D eigenvalue weighted by atomic mass is 16.5. The Kier molecular flexibility index (Phi) is 5.34. The third-order valence-electron chi connectivity index (χ3n) is 2.65. The lowest BCUT2D eigenvalue weighted by Crippen LogP contribution is -2.17. The summed E-state index contributed by atoms with van der Waals surface area (Å²) in [5.74, 6) is 0.681. The zero-order chi connectivity index (χ0) is 12.8. The smallest absolute Gasteiger partial charge is 0.145 e. The van der Waals surface area contributed by atoms with E-state index in [1.807, 2.05) is 6.92 Å². The topological polar surface area (TPSA) is 77.6 Å². The minimum atomic E-state index is -0.276. The normalized spacial score (nSPS) is 12.5. The lowest BCUT2D eigenvalue weighted by molar-refractivity contribution is 0.182. The highest BCUT2D eigenvalue weighted by Crippen LogP contribution is 2.31. The van der Waals surface area contributed by atoms with Gasteiger partial charge >= 0.3 is 0 Å². The van der Waals surface area contributed by atoms with E-state index in [2.05, 4.69) is 4.98 Å². The summed E-state index contributed by atoms with van der Waals surface area (Å²) in [6, 6.07) is -0.276. The molecule has 5 nitrogen and oxygen atoms in total. The Balaban J connectivity index is 3.22. The molecule has 96 valence electrons. The van der Waals surface area contributed by atoms with Crippen molar-refractivity contribution in [3.63, 3.8) is 0 Å². The number of ether oxygens (including phenoxy) is 2. The van der Waals surface area contributed by atoms with Gasteiger partial charge in [0, 0.05) is 37.1 Å². The third-order valence-corrected chi connectivity index (χ3v) is 2.65. The molecular formula is C12H20N2O3. The van der Waals surface area contributed by atoms with Gasteiger partial charge in [-0.3, -0.25) is 4.98 Å². The Labute approximate surface area is 102 Å². The predicted molar refractivity (Wildman–Crippen MR) is 64.9 cm³/mol. The summed E-state index contributed by atoms with van der Waals surface area (Å²) in [5, 5.41) is 8.98. The van der Waals surface area contributed by atoms with Crippen LogP contribution in [0, 0.1) is 6.92 Å². The standard InChI is InChI=1S/C12H20N2O3/c1-8-12(17-3)11(10(13)4-5-15)9(6-14-8)7-16-2/h6,10,15H,4-5,7,13H2,1-3H3. The highest BCUT2D eigenvalue weighted by Gasteiger charge is 2.19. The third kappa shape index (κ3) is 3.15. The second-order valence-electron chi connectivity index (χ2n) is 3.87. The van der Waals surface area contributed by atoms with Crippen LogP contribution in [0.1, 0.15) is 29.3 Å². The molecule has 0 saturated carbocycles. The number of rotatable bonds is 6. The van der Waals surface area contributed by atoms with Crippen LogP contribution in [-0.2, 0) is 11.3 Å². The molecule has 0 amide bonds. The summed E-state index contributed by atoms with van der Waals surface area (Å²) in [4.78, 5) is 4.25. The van der Waals surface area contributed by atoms with Gasteiger partial charge in [-0.2, -0.15) is 0 Å². The van der Waals surface area contributed by atoms with E-state index in [0.29, 0.717) is 18.8 Å². The van der Waals surface area contributed by atoms with Crippen LogP contribution in [0.25, 0.3) is 0 Å². The quantitative estimate of drug-likeness (QED) is 0.773. The summed E-state index contributed by atoms with van der Waals surface area (Å²) in [5.41, 5.74) is 8.62. The van der Waals surface area contributed by atoms with Crippen LogP contribution >= 0.6 is 0 Å². The van der Waals surface area contributed by atoms with E-state index in [0.717, 1.165) is 16.8 Å². The molecule has 1 aromatic rings. The van der Waals surface area contributed by atoms with Gasteiger partial charge in [0.2, 0.25) is 0 Å². The number of aliphatic hydroxyl groups excluding tert-OH is 1. The van der Waals surface area contributed by atoms with Crippen molar-refractivity contribution in [2.75, 3.05) is 20.8 Å². The van der Waals surface area contributed by atoms with Gasteiger partial charge in [-0.05, 0) is 13.3 Å². The molecule has 1 rings (SSSR count). The Bertz CT molecular complexity index is 369. The fourth-order valence-corrected chi connectivity index (χ4v) is 1.86. The largest absolute Gasteiger partial charge is 0.494 e. The molecule has 0 aliphatic rings. The number of nitrogens with two attached hydrogens (primary N) is 1. The molecule has 17 heavy (non-hydrogen) atoms. The Morgan fingerprint density at radius 3 is 2.71 bits per heavy atom. The van der Waals surface area contributed by atoms with Gasteiger partial charge in [0.15, 0.2) is 0 Å². The molecule has 0 aliphatic heterocycles. The molecule has 1 unspecified atom stereocenters. The van der Waals surface area contributed by atoms with Gasteiger partial charge in [-0.15, -0.1) is 0 Å². The minimum absolute atomic E-state index is 0.0398. The maximum absolute atomic E-state index is 8.98. The van der Waals surface area contributed by atoms with Crippen molar-refractivity contribution < 1.29 is 14.6 Å². The first-order valence-electron chi connectivity index (χ1n) is 5.53. The van der Waals surface area contributed by atoms with E-state index in [1.54, 1.807) is 20.4 Å². The Morgan fingerprint density at radius 2 is 2.18 bits per heavy atom. The first-order valence-corrected chi connectivity index (χ1v) is 5.53. The molecule has 5 heteroatoms. The SMILES string of the molecule is COCc1cnc(C)c(OC)c1C(N)CCO. The maximum Gasteiger partial charge on any atom is 0.145 e. The lowest BCUT2D eigenvalue weighted by Gasteiger charge is -2.19. The van der Waals surface area contributed by atoms with Crippen molar-refractivity contribution in [2.24, 2.45) is 5.73 Å². The van der Waals surface area contributed by atoms with E-state index in [4.69, 9.17) is 20.3 Å². The molecule has 0 spiro atoms. The second kappa shape index (κ2) is 6.54. The van der Waals surface area contributed by atoms with Gasteiger partial charge in [0.25, 0.3) is 0 Å². The fourth-order valence-electron chi connectivity index (χ4n) is 1.86. The summed E-state index contributed by atoms with van der Waals surface area (Å²) < 4.78 is 10.5. The van der Waals surface area contributed by atoms with Gasteiger partial charge < -0.3 is 20.3 Å². The van der Waals surface area contributed by atoms with Crippen LogP contribution in [0.5, 0.6) is 5.75 Å². The molecule has 0 aromatic carbocycles. The minimum Gasteiger partial charge on any atom is -0.494 e. The van der Waals surface area contributed by atoms with Crippen LogP contribution in [0.15, 0.2) is 6.20 Å². The van der Waals surface area contributed by atoms with Crippen molar-refractivity contribution >= 4 is 0 Å². The first kappa shape index (κ1) is 13.9. The lowest BCUT2D eigenvalue weighted by atomic mass is 9.98. The summed E-state index contributed by atoms with van der Waals surface area (Å²) >= 11 is 0. The highest BCUT2D eigenvalue weighted by molar-refractivity contribution is 5.43. The van der Waals surface area contributed by atoms with Crippen molar-refractivity contribution in [3.05, 3.63) is 23.0 Å². The number of aryl methyl sites for hydroxylation is 1. The zero-order valence-corrected chi connectivity index (χ0v) is 10.6. The van der Waals surface area contributed by atoms with Gasteiger partial charge in [0.05, 0.1) is 19.4 Å². The molecule has 1 aromatic heterocycles. The molecule has 1 heterocycles. The Hall–Kier alpha value is -1.17. The van der Waals surface area contributed by atoms with E-state index < -0.39 is 0 Å². The van der Waals surface area contributed by atoms with Crippen molar-refractivity contribution in [2.45, 2.75) is 26.0 Å². The number of aliphatic hydroxyl groups is 1. The van der Waals surface area contributed by atoms with Crippen LogP contribution in [0.2, 0.25) is 0 Å². The predicted octanol–water partition coefficient (Wildman–Crippen LogP) is 0.927. The van der Waals surface area contributed by atoms with E-state index in [1.165, 1.54) is 0 Å². The second-order valence-corrected chi connectivity index (χ2v) is 3.87. The number of nitrogens with zero attached hydrogens (tertiary/aromatic N) is 1. The average molecular weight is 240 g/mol. The molecule has 0 fully saturated rings. The Morgan fingerprint density at radius 1 is 1.47 bits per heavy atom. The van der Waals surface area contributed by atoms with Crippen molar-refractivity contribution in [1.29, 1.82) is 0 Å². The average Bonchev–Trinajstić information content (AvgIpc) is 2.31. The van der Waals surface area contributed by atoms with E-state index in [-0.39, 0.29) is 12.6 Å². The summed E-state index contributed by atoms with van der Waals surface area (Å²) in [7, 11) is 3.21. The van der Waals surface area contributed by atoms with Crippen LogP contribution in [0.3, 0.4) is 0 Å². The van der Waals surface area contributed by atoms with Crippen LogP contribution in [-0.4, -0.2) is 30.9 Å². The number of hydrogen-bond donors (Lipinski definition) is 2. The number of pyridine rings is 1. The first-order chi connectivity index (χ1) is 8.15. The van der Waals surface area contributed by atoms with Gasteiger partial charge in [-0.1, -0.05) is 0 Å². The van der Waals surface area contributed by atoms with Gasteiger partial charge in [0.1, 0.15) is 5.75 Å². The number of hydrogen-bond acceptors (Lipinski definition) is 5. The molecule has 0 bridgehead atoms.